The zero-order valence-corrected chi connectivity index (χ0v) is 14.9. The number of hydrogen-bond donors (Lipinski definition) is 2. The number of hydrazone groups is 1. The number of ether oxygens (including phenoxy) is 1. The molecular weight excluding hydrogens is 361 g/mol. The van der Waals surface area contributed by atoms with Gasteiger partial charge in [0.05, 0.1) is 19.2 Å². The van der Waals surface area contributed by atoms with Crippen molar-refractivity contribution >= 4 is 34.8 Å². The van der Waals surface area contributed by atoms with Gasteiger partial charge in [-0.2, -0.15) is 5.10 Å². The molecule has 0 aromatic heterocycles. The average Bonchev–Trinajstić information content (AvgIpc) is 2.60. The Kier molecular flexibility index (Phi) is 6.68. The van der Waals surface area contributed by atoms with Gasteiger partial charge >= 0.3 is 0 Å². The van der Waals surface area contributed by atoms with Gasteiger partial charge < -0.3 is 10.1 Å². The molecule has 0 saturated heterocycles. The highest BCUT2D eigenvalue weighted by molar-refractivity contribution is 6.31. The molecule has 0 aliphatic carbocycles. The van der Waals surface area contributed by atoms with E-state index in [0.29, 0.717) is 22.2 Å². The predicted octanol–water partition coefficient (Wildman–Crippen LogP) is 3.62. The van der Waals surface area contributed by atoms with Crippen LogP contribution in [0.5, 0.6) is 5.75 Å². The van der Waals surface area contributed by atoms with E-state index in [2.05, 4.69) is 15.8 Å². The molecule has 2 aromatic rings. The molecule has 0 bridgehead atoms. The van der Waals surface area contributed by atoms with Crippen molar-refractivity contribution in [2.24, 2.45) is 5.10 Å². The summed E-state index contributed by atoms with van der Waals surface area (Å²) in [5.41, 5.74) is 3.41. The van der Waals surface area contributed by atoms with Crippen molar-refractivity contribution in [2.75, 3.05) is 12.4 Å². The van der Waals surface area contributed by atoms with Crippen LogP contribution < -0.4 is 15.5 Å². The summed E-state index contributed by atoms with van der Waals surface area (Å²) in [7, 11) is 1.48. The van der Waals surface area contributed by atoms with Gasteiger partial charge in [-0.3, -0.25) is 9.59 Å². The number of methoxy groups -OCH3 is 1. The van der Waals surface area contributed by atoms with Gasteiger partial charge in [0.2, 0.25) is 5.91 Å². The maximum Gasteiger partial charge on any atom is 0.271 e. The Hall–Kier alpha value is -2.93. The number of carbonyl (C=O) groups excluding carboxylic acids is 2. The molecule has 6 nitrogen and oxygen atoms in total. The number of nitrogens with zero attached hydrogens (tertiary/aromatic N) is 1. The first-order valence-electron chi connectivity index (χ1n) is 7.61. The first kappa shape index (κ1) is 19.4. The highest BCUT2D eigenvalue weighted by Gasteiger charge is 2.10. The third-order valence-electron chi connectivity index (χ3n) is 3.31. The number of anilines is 1. The molecule has 0 atom stereocenters. The van der Waals surface area contributed by atoms with Gasteiger partial charge in [-0.25, -0.2) is 9.82 Å². The van der Waals surface area contributed by atoms with Crippen LogP contribution in [0.15, 0.2) is 47.6 Å². The summed E-state index contributed by atoms with van der Waals surface area (Å²) in [5, 5.41) is 7.00. The van der Waals surface area contributed by atoms with Crippen molar-refractivity contribution in [3.05, 3.63) is 58.9 Å². The van der Waals surface area contributed by atoms with Gasteiger partial charge in [0, 0.05) is 16.3 Å². The maximum absolute atomic E-state index is 12.8. The molecule has 136 valence electrons. The van der Waals surface area contributed by atoms with Gasteiger partial charge in [-0.05, 0) is 49.4 Å². The van der Waals surface area contributed by atoms with Crippen molar-refractivity contribution in [3.63, 3.8) is 0 Å². The molecule has 0 radical (unpaired) electrons. The molecule has 0 aliphatic heterocycles. The lowest BCUT2D eigenvalue weighted by atomic mass is 10.2. The normalized spacial score (nSPS) is 11.0. The van der Waals surface area contributed by atoms with Crippen LogP contribution >= 0.6 is 11.6 Å². The highest BCUT2D eigenvalue weighted by atomic mass is 35.5. The summed E-state index contributed by atoms with van der Waals surface area (Å²) in [6, 6.07) is 9.90. The minimum atomic E-state index is -0.499. The fourth-order valence-corrected chi connectivity index (χ4v) is 2.23. The van der Waals surface area contributed by atoms with Gasteiger partial charge in [-0.1, -0.05) is 11.6 Å². The van der Waals surface area contributed by atoms with E-state index < -0.39 is 11.7 Å². The lowest BCUT2D eigenvalue weighted by molar-refractivity contribution is -0.115. The van der Waals surface area contributed by atoms with Crippen molar-refractivity contribution < 1.29 is 18.7 Å². The van der Waals surface area contributed by atoms with Gasteiger partial charge in [-0.15, -0.1) is 0 Å². The topological polar surface area (TPSA) is 79.8 Å². The Morgan fingerprint density at radius 3 is 2.54 bits per heavy atom. The lowest BCUT2D eigenvalue weighted by Crippen LogP contribution is -2.21. The second-order valence-electron chi connectivity index (χ2n) is 5.36. The summed E-state index contributed by atoms with van der Waals surface area (Å²) in [5.74, 6) is -0.805. The Labute approximate surface area is 155 Å². The summed E-state index contributed by atoms with van der Waals surface area (Å²) in [6.07, 6.45) is -0.0423. The number of benzene rings is 2. The first-order valence-corrected chi connectivity index (χ1v) is 7.99. The molecule has 0 aliphatic rings. The van der Waals surface area contributed by atoms with Crippen LogP contribution in [0.2, 0.25) is 5.02 Å². The second-order valence-corrected chi connectivity index (χ2v) is 5.80. The van der Waals surface area contributed by atoms with E-state index in [1.165, 1.54) is 31.4 Å². The average molecular weight is 378 g/mol. The van der Waals surface area contributed by atoms with Crippen LogP contribution in [0.3, 0.4) is 0 Å². The smallest absolute Gasteiger partial charge is 0.271 e. The number of amides is 2. The van der Waals surface area contributed by atoms with Crippen molar-refractivity contribution in [1.82, 2.24) is 5.43 Å². The van der Waals surface area contributed by atoms with Crippen LogP contribution in [0, 0.1) is 5.82 Å². The molecule has 0 heterocycles. The Morgan fingerprint density at radius 2 is 1.88 bits per heavy atom. The number of halogens is 2. The molecule has 2 rings (SSSR count). The maximum atomic E-state index is 12.8. The van der Waals surface area contributed by atoms with Crippen molar-refractivity contribution in [3.8, 4) is 5.75 Å². The molecule has 2 N–H and O–H groups in total. The van der Waals surface area contributed by atoms with E-state index in [4.69, 9.17) is 16.3 Å². The zero-order chi connectivity index (χ0) is 19.1. The molecular formula is C18H17ClFN3O3. The molecule has 26 heavy (non-hydrogen) atoms. The third kappa shape index (κ3) is 5.56. The minimum absolute atomic E-state index is 0.0423. The fourth-order valence-electron chi connectivity index (χ4n) is 2.06. The largest absolute Gasteiger partial charge is 0.495 e. The van der Waals surface area contributed by atoms with Crippen LogP contribution in [0.4, 0.5) is 10.1 Å². The quantitative estimate of drug-likeness (QED) is 0.596. The monoisotopic (exact) mass is 377 g/mol. The van der Waals surface area contributed by atoms with Crippen molar-refractivity contribution in [1.29, 1.82) is 0 Å². The molecule has 0 spiro atoms. The van der Waals surface area contributed by atoms with E-state index in [1.807, 2.05) is 0 Å². The Balaban J connectivity index is 1.94. The predicted molar refractivity (Wildman–Crippen MR) is 98.2 cm³/mol. The van der Waals surface area contributed by atoms with E-state index in [1.54, 1.807) is 25.1 Å². The second kappa shape index (κ2) is 8.96. The summed E-state index contributed by atoms with van der Waals surface area (Å²) in [6.45, 7) is 1.60. The molecule has 0 unspecified atom stereocenters. The number of rotatable bonds is 6. The fraction of sp³-hybridized carbons (Fsp3) is 0.167. The van der Waals surface area contributed by atoms with Crippen LogP contribution in [0.1, 0.15) is 23.7 Å². The molecule has 2 aromatic carbocycles. The highest BCUT2D eigenvalue weighted by Crippen LogP contribution is 2.27. The SMILES string of the molecule is COc1ccc(Cl)cc1NC(=O)C/C(C)=N/NC(=O)c1ccc(F)cc1. The van der Waals surface area contributed by atoms with Crippen molar-refractivity contribution in [2.45, 2.75) is 13.3 Å². The summed E-state index contributed by atoms with van der Waals surface area (Å²) < 4.78 is 18.0. The zero-order valence-electron chi connectivity index (χ0n) is 14.2. The van der Waals surface area contributed by atoms with E-state index in [-0.39, 0.29) is 17.9 Å². The van der Waals surface area contributed by atoms with Crippen LogP contribution in [-0.2, 0) is 4.79 Å². The third-order valence-corrected chi connectivity index (χ3v) is 3.54. The lowest BCUT2D eigenvalue weighted by Gasteiger charge is -2.10. The minimum Gasteiger partial charge on any atom is -0.495 e. The van der Waals surface area contributed by atoms with E-state index >= 15 is 0 Å². The van der Waals surface area contributed by atoms with Crippen LogP contribution in [0.25, 0.3) is 0 Å². The van der Waals surface area contributed by atoms with Crippen LogP contribution in [-0.4, -0.2) is 24.6 Å². The molecule has 0 fully saturated rings. The molecule has 0 saturated carbocycles. The molecule has 8 heteroatoms. The molecule has 2 amide bonds. The number of hydrogen-bond acceptors (Lipinski definition) is 4. The number of nitrogens with one attached hydrogen (secondary N) is 2. The van der Waals surface area contributed by atoms with E-state index in [0.717, 1.165) is 0 Å². The van der Waals surface area contributed by atoms with Gasteiger partial charge in [0.15, 0.2) is 0 Å². The summed E-state index contributed by atoms with van der Waals surface area (Å²) >= 11 is 5.91. The van der Waals surface area contributed by atoms with Gasteiger partial charge in [0.25, 0.3) is 5.91 Å². The van der Waals surface area contributed by atoms with E-state index in [9.17, 15) is 14.0 Å². The first-order chi connectivity index (χ1) is 12.4. The Morgan fingerprint density at radius 1 is 1.19 bits per heavy atom. The number of carbonyl (C=O) groups is 2. The summed E-state index contributed by atoms with van der Waals surface area (Å²) in [4.78, 5) is 24.0. The standard InChI is InChI=1S/C18H17ClFN3O3/c1-11(22-23-18(25)12-3-6-14(20)7-4-12)9-17(24)21-15-10-13(19)5-8-16(15)26-2/h3-8,10H,9H2,1-2H3,(H,21,24)(H,23,25)/b22-11+. The van der Waals surface area contributed by atoms with Gasteiger partial charge in [0.1, 0.15) is 11.6 Å². The Bertz CT molecular complexity index is 838.